The molecular formula is C16H22N2O5S2. The monoisotopic (exact) mass is 386 g/mol. The molecule has 2 heterocycles. The van der Waals surface area contributed by atoms with Gasteiger partial charge in [0.25, 0.3) is 0 Å². The molecule has 0 aromatic heterocycles. The number of carbonyl (C=O) groups excluding carboxylic acids is 1. The molecule has 138 valence electrons. The molecule has 2 aliphatic heterocycles. The molecule has 3 rings (SSSR count). The van der Waals surface area contributed by atoms with Crippen LogP contribution in [0.3, 0.4) is 0 Å². The number of rotatable bonds is 4. The summed E-state index contributed by atoms with van der Waals surface area (Å²) in [5, 5.41) is 2.65. The Hall–Kier alpha value is -1.45. The fourth-order valence-corrected chi connectivity index (χ4v) is 6.54. The summed E-state index contributed by atoms with van der Waals surface area (Å²) in [6.07, 6.45) is 3.05. The molecule has 0 aliphatic carbocycles. The zero-order valence-corrected chi connectivity index (χ0v) is 15.5. The molecule has 2 saturated heterocycles. The Bertz CT molecular complexity index is 858. The summed E-state index contributed by atoms with van der Waals surface area (Å²) < 4.78 is 49.9. The number of benzene rings is 1. The molecule has 0 bridgehead atoms. The molecule has 25 heavy (non-hydrogen) atoms. The molecule has 0 saturated carbocycles. The molecular weight excluding hydrogens is 364 g/mol. The summed E-state index contributed by atoms with van der Waals surface area (Å²) in [6.45, 7) is 1.03. The maximum atomic E-state index is 12.7. The highest BCUT2D eigenvalue weighted by molar-refractivity contribution is 7.91. The highest BCUT2D eigenvalue weighted by Gasteiger charge is 2.33. The summed E-state index contributed by atoms with van der Waals surface area (Å²) >= 11 is 0. The fourth-order valence-electron chi connectivity index (χ4n) is 3.23. The van der Waals surface area contributed by atoms with E-state index in [4.69, 9.17) is 0 Å². The number of sulfone groups is 1. The van der Waals surface area contributed by atoms with Crippen LogP contribution < -0.4 is 5.32 Å². The molecule has 1 aromatic rings. The van der Waals surface area contributed by atoms with E-state index in [1.54, 1.807) is 12.1 Å². The lowest BCUT2D eigenvalue weighted by Crippen LogP contribution is -2.35. The van der Waals surface area contributed by atoms with Gasteiger partial charge in [0.15, 0.2) is 9.84 Å². The summed E-state index contributed by atoms with van der Waals surface area (Å²) in [6, 6.07) is 6.14. The molecule has 0 unspecified atom stereocenters. The molecule has 7 nitrogen and oxygen atoms in total. The van der Waals surface area contributed by atoms with Crippen molar-refractivity contribution in [1.82, 2.24) is 4.31 Å². The minimum atomic E-state index is -3.57. The maximum Gasteiger partial charge on any atom is 0.243 e. The van der Waals surface area contributed by atoms with Gasteiger partial charge in [-0.25, -0.2) is 16.8 Å². The van der Waals surface area contributed by atoms with E-state index < -0.39 is 25.8 Å². The number of carbonyl (C=O) groups is 1. The molecule has 2 fully saturated rings. The Kier molecular flexibility index (Phi) is 5.17. The number of sulfonamides is 1. The van der Waals surface area contributed by atoms with E-state index in [0.29, 0.717) is 25.2 Å². The van der Waals surface area contributed by atoms with Gasteiger partial charge in [0.1, 0.15) is 0 Å². The standard InChI is InChI=1S/C16H22N2O5S2/c19-16(13-7-10-24(20,21)12-13)17-14-5-4-6-15(11-14)25(22,23)18-8-2-1-3-9-18/h4-6,11,13H,1-3,7-10,12H2,(H,17,19)/t13-/m0/s1. The first kappa shape index (κ1) is 18.3. The van der Waals surface area contributed by atoms with E-state index >= 15 is 0 Å². The first-order chi connectivity index (χ1) is 11.8. The second kappa shape index (κ2) is 7.05. The first-order valence-electron chi connectivity index (χ1n) is 8.39. The molecule has 2 aliphatic rings. The number of nitrogens with zero attached hydrogens (tertiary/aromatic N) is 1. The number of anilines is 1. The third-order valence-corrected chi connectivity index (χ3v) is 8.32. The SMILES string of the molecule is O=C(Nc1cccc(S(=O)(=O)N2CCCCC2)c1)[C@H]1CCS(=O)(=O)C1. The zero-order chi connectivity index (χ0) is 18.1. The van der Waals surface area contributed by atoms with Gasteiger partial charge in [-0.05, 0) is 37.5 Å². The van der Waals surface area contributed by atoms with Crippen LogP contribution in [-0.4, -0.2) is 51.6 Å². The van der Waals surface area contributed by atoms with E-state index in [0.717, 1.165) is 19.3 Å². The van der Waals surface area contributed by atoms with Crippen LogP contribution in [0.25, 0.3) is 0 Å². The van der Waals surface area contributed by atoms with Gasteiger partial charge in [0.2, 0.25) is 15.9 Å². The molecule has 9 heteroatoms. The van der Waals surface area contributed by atoms with Gasteiger partial charge in [-0.3, -0.25) is 4.79 Å². The van der Waals surface area contributed by atoms with Gasteiger partial charge in [0.05, 0.1) is 22.3 Å². The van der Waals surface area contributed by atoms with Crippen LogP contribution in [0.4, 0.5) is 5.69 Å². The van der Waals surface area contributed by atoms with E-state index in [1.165, 1.54) is 16.4 Å². The van der Waals surface area contributed by atoms with E-state index in [-0.39, 0.29) is 22.3 Å². The topological polar surface area (TPSA) is 101 Å². The summed E-state index contributed by atoms with van der Waals surface area (Å²) in [5.74, 6) is -1.08. The van der Waals surface area contributed by atoms with Crippen molar-refractivity contribution < 1.29 is 21.6 Å². The number of hydrogen-bond donors (Lipinski definition) is 1. The predicted molar refractivity (Wildman–Crippen MR) is 94.4 cm³/mol. The van der Waals surface area contributed by atoms with E-state index in [2.05, 4.69) is 5.32 Å². The van der Waals surface area contributed by atoms with Crippen molar-refractivity contribution >= 4 is 31.5 Å². The van der Waals surface area contributed by atoms with Crippen LogP contribution in [-0.2, 0) is 24.7 Å². The Morgan fingerprint density at radius 3 is 2.52 bits per heavy atom. The van der Waals surface area contributed by atoms with Gasteiger partial charge in [-0.1, -0.05) is 12.5 Å². The van der Waals surface area contributed by atoms with Crippen molar-refractivity contribution in [3.8, 4) is 0 Å². The summed E-state index contributed by atoms with van der Waals surface area (Å²) in [5.41, 5.74) is 0.368. The third kappa shape index (κ3) is 4.21. The van der Waals surface area contributed by atoms with Gasteiger partial charge in [-0.15, -0.1) is 0 Å². The lowest BCUT2D eigenvalue weighted by molar-refractivity contribution is -0.119. The Morgan fingerprint density at radius 2 is 1.88 bits per heavy atom. The van der Waals surface area contributed by atoms with Crippen molar-refractivity contribution in [2.24, 2.45) is 5.92 Å². The number of piperidine rings is 1. The van der Waals surface area contributed by atoms with E-state index in [9.17, 15) is 21.6 Å². The highest BCUT2D eigenvalue weighted by atomic mass is 32.2. The van der Waals surface area contributed by atoms with Crippen molar-refractivity contribution in [2.45, 2.75) is 30.6 Å². The van der Waals surface area contributed by atoms with Crippen molar-refractivity contribution in [3.05, 3.63) is 24.3 Å². The van der Waals surface area contributed by atoms with Crippen LogP contribution in [0.15, 0.2) is 29.2 Å². The molecule has 1 atom stereocenters. The Morgan fingerprint density at radius 1 is 1.16 bits per heavy atom. The van der Waals surface area contributed by atoms with Crippen molar-refractivity contribution in [3.63, 3.8) is 0 Å². The summed E-state index contributed by atoms with van der Waals surface area (Å²) in [7, 11) is -6.71. The Balaban J connectivity index is 1.74. The van der Waals surface area contributed by atoms with Crippen molar-refractivity contribution in [1.29, 1.82) is 0 Å². The smallest absolute Gasteiger partial charge is 0.243 e. The van der Waals surface area contributed by atoms with Gasteiger partial charge in [-0.2, -0.15) is 4.31 Å². The lowest BCUT2D eigenvalue weighted by atomic mass is 10.1. The number of nitrogens with one attached hydrogen (secondary N) is 1. The van der Waals surface area contributed by atoms with Gasteiger partial charge < -0.3 is 5.32 Å². The van der Waals surface area contributed by atoms with Crippen LogP contribution in [0.5, 0.6) is 0 Å². The average molecular weight is 386 g/mol. The zero-order valence-electron chi connectivity index (χ0n) is 13.8. The highest BCUT2D eigenvalue weighted by Crippen LogP contribution is 2.24. The number of amides is 1. The largest absolute Gasteiger partial charge is 0.326 e. The van der Waals surface area contributed by atoms with Gasteiger partial charge >= 0.3 is 0 Å². The van der Waals surface area contributed by atoms with Gasteiger partial charge in [0, 0.05) is 18.8 Å². The van der Waals surface area contributed by atoms with Crippen molar-refractivity contribution in [2.75, 3.05) is 29.9 Å². The maximum absolute atomic E-state index is 12.7. The second-order valence-corrected chi connectivity index (χ2v) is 10.7. The van der Waals surface area contributed by atoms with Crippen LogP contribution in [0.2, 0.25) is 0 Å². The average Bonchev–Trinajstić information content (AvgIpc) is 2.96. The molecule has 1 amide bonds. The molecule has 0 radical (unpaired) electrons. The minimum absolute atomic E-state index is 0.0223. The molecule has 0 spiro atoms. The fraction of sp³-hybridized carbons (Fsp3) is 0.562. The summed E-state index contributed by atoms with van der Waals surface area (Å²) in [4.78, 5) is 12.4. The minimum Gasteiger partial charge on any atom is -0.326 e. The molecule has 1 aromatic carbocycles. The quantitative estimate of drug-likeness (QED) is 0.839. The number of hydrogen-bond acceptors (Lipinski definition) is 5. The second-order valence-electron chi connectivity index (χ2n) is 6.58. The van der Waals surface area contributed by atoms with Crippen LogP contribution in [0, 0.1) is 5.92 Å². The van der Waals surface area contributed by atoms with Crippen LogP contribution >= 0.6 is 0 Å². The van der Waals surface area contributed by atoms with E-state index in [1.807, 2.05) is 0 Å². The predicted octanol–water partition coefficient (Wildman–Crippen LogP) is 1.23. The van der Waals surface area contributed by atoms with Crippen LogP contribution in [0.1, 0.15) is 25.7 Å². The molecule has 1 N–H and O–H groups in total. The lowest BCUT2D eigenvalue weighted by Gasteiger charge is -2.26. The Labute approximate surface area is 148 Å². The third-order valence-electron chi connectivity index (χ3n) is 4.66. The normalized spacial score (nSPS) is 24.1. The first-order valence-corrected chi connectivity index (χ1v) is 11.7.